The molecule has 34 heavy (non-hydrogen) atoms. The molecule has 0 radical (unpaired) electrons. The van der Waals surface area contributed by atoms with Crippen LogP contribution in [0.25, 0.3) is 0 Å². The third kappa shape index (κ3) is 8.67. The number of amides is 3. The number of nitrogens with one attached hydrogen (secondary N) is 4. The molecule has 1 aromatic rings. The fourth-order valence-corrected chi connectivity index (χ4v) is 3.76. The van der Waals surface area contributed by atoms with Gasteiger partial charge in [0.15, 0.2) is 0 Å². The molecule has 1 heterocycles. The first-order valence-electron chi connectivity index (χ1n) is 10.9. The van der Waals surface area contributed by atoms with Gasteiger partial charge in [-0.05, 0) is 31.4 Å². The minimum absolute atomic E-state index is 0.140. The lowest BCUT2D eigenvalue weighted by atomic mass is 10.0. The minimum atomic E-state index is -1.43. The zero-order valence-corrected chi connectivity index (χ0v) is 19.4. The summed E-state index contributed by atoms with van der Waals surface area (Å²) in [6.07, 6.45) is 0.922. The molecule has 0 aliphatic carbocycles. The molecule has 1 fully saturated rings. The highest BCUT2D eigenvalue weighted by molar-refractivity contribution is 7.80. The van der Waals surface area contributed by atoms with Gasteiger partial charge in [0, 0.05) is 18.6 Å². The fraction of sp³-hybridized carbons (Fsp3) is 0.500. The average Bonchev–Trinajstić information content (AvgIpc) is 3.35. The second-order valence-corrected chi connectivity index (χ2v) is 8.34. The molecule has 1 aliphatic rings. The fourth-order valence-electron chi connectivity index (χ4n) is 3.50. The molecule has 4 unspecified atom stereocenters. The summed E-state index contributed by atoms with van der Waals surface area (Å²) in [6, 6.07) is 5.04. The molecule has 2 rings (SSSR count). The molecule has 0 spiro atoms. The van der Waals surface area contributed by atoms with Gasteiger partial charge in [-0.2, -0.15) is 12.6 Å². The summed E-state index contributed by atoms with van der Waals surface area (Å²) < 4.78 is 0. The third-order valence-electron chi connectivity index (χ3n) is 5.37. The average molecular weight is 495 g/mol. The normalized spacial score (nSPS) is 17.7. The molecule has 0 aromatic heterocycles. The van der Waals surface area contributed by atoms with Crippen molar-refractivity contribution < 1.29 is 34.2 Å². The van der Waals surface area contributed by atoms with Gasteiger partial charge in [-0.15, -0.1) is 0 Å². The van der Waals surface area contributed by atoms with Crippen molar-refractivity contribution in [2.75, 3.05) is 12.3 Å². The van der Waals surface area contributed by atoms with Crippen LogP contribution in [-0.4, -0.2) is 76.3 Å². The molecule has 3 amide bonds. The van der Waals surface area contributed by atoms with Crippen LogP contribution in [0.3, 0.4) is 0 Å². The Hall–Kier alpha value is -3.12. The van der Waals surface area contributed by atoms with Crippen molar-refractivity contribution in [1.29, 1.82) is 0 Å². The van der Waals surface area contributed by atoms with E-state index in [0.717, 1.165) is 12.0 Å². The molecule has 0 saturated carbocycles. The standard InChI is InChI=1S/C22H30N4O7S/c27-18(28)9-8-15(22(32)33)24-21(31)17(12-34)26-20(30)16(11-13-5-2-1-3-6-13)25-19(29)14-7-4-10-23-14/h1-3,5-6,14-17,23,34H,4,7-12H2,(H,24,31)(H,25,29)(H,26,30)(H,27,28)(H,32,33). The highest BCUT2D eigenvalue weighted by atomic mass is 32.1. The number of carboxylic acids is 2. The van der Waals surface area contributed by atoms with Gasteiger partial charge in [0.25, 0.3) is 0 Å². The van der Waals surface area contributed by atoms with Crippen LogP contribution in [0.1, 0.15) is 31.2 Å². The smallest absolute Gasteiger partial charge is 0.326 e. The van der Waals surface area contributed by atoms with Gasteiger partial charge in [0.1, 0.15) is 18.1 Å². The maximum Gasteiger partial charge on any atom is 0.326 e. The van der Waals surface area contributed by atoms with Crippen LogP contribution in [0.5, 0.6) is 0 Å². The van der Waals surface area contributed by atoms with Gasteiger partial charge < -0.3 is 31.5 Å². The van der Waals surface area contributed by atoms with Crippen LogP contribution >= 0.6 is 12.6 Å². The topological polar surface area (TPSA) is 174 Å². The number of aliphatic carboxylic acids is 2. The summed E-state index contributed by atoms with van der Waals surface area (Å²) >= 11 is 4.08. The first-order valence-corrected chi connectivity index (χ1v) is 11.6. The molecule has 0 bridgehead atoms. The van der Waals surface area contributed by atoms with E-state index in [1.54, 1.807) is 12.1 Å². The van der Waals surface area contributed by atoms with Gasteiger partial charge >= 0.3 is 11.9 Å². The van der Waals surface area contributed by atoms with Crippen molar-refractivity contribution in [3.8, 4) is 0 Å². The first-order chi connectivity index (χ1) is 16.2. The van der Waals surface area contributed by atoms with E-state index in [2.05, 4.69) is 33.9 Å². The number of thiol groups is 1. The van der Waals surface area contributed by atoms with Crippen molar-refractivity contribution in [3.63, 3.8) is 0 Å². The number of carboxylic acid groups (broad SMARTS) is 2. The zero-order chi connectivity index (χ0) is 25.1. The molecule has 186 valence electrons. The van der Waals surface area contributed by atoms with Gasteiger partial charge in [0.2, 0.25) is 17.7 Å². The lowest BCUT2D eigenvalue weighted by Gasteiger charge is -2.24. The predicted molar refractivity (Wildman–Crippen MR) is 125 cm³/mol. The summed E-state index contributed by atoms with van der Waals surface area (Å²) in [5.41, 5.74) is 0.800. The van der Waals surface area contributed by atoms with Gasteiger partial charge in [-0.1, -0.05) is 30.3 Å². The Bertz CT molecular complexity index is 877. The van der Waals surface area contributed by atoms with E-state index in [-0.39, 0.29) is 24.5 Å². The van der Waals surface area contributed by atoms with Gasteiger partial charge in [0.05, 0.1) is 6.04 Å². The minimum Gasteiger partial charge on any atom is -0.481 e. The summed E-state index contributed by atoms with van der Waals surface area (Å²) in [5.74, 6) is -4.49. The van der Waals surface area contributed by atoms with Crippen molar-refractivity contribution in [2.24, 2.45) is 0 Å². The summed E-state index contributed by atoms with van der Waals surface area (Å²) in [5, 5.41) is 28.6. The Morgan fingerprint density at radius 2 is 1.62 bits per heavy atom. The van der Waals surface area contributed by atoms with Gasteiger partial charge in [-0.3, -0.25) is 19.2 Å². The van der Waals surface area contributed by atoms with Crippen molar-refractivity contribution in [2.45, 2.75) is 56.3 Å². The molecule has 12 heteroatoms. The Morgan fingerprint density at radius 3 is 2.18 bits per heavy atom. The lowest BCUT2D eigenvalue weighted by Crippen LogP contribution is -2.58. The number of benzene rings is 1. The van der Waals surface area contributed by atoms with E-state index < -0.39 is 54.3 Å². The molecule has 1 aliphatic heterocycles. The van der Waals surface area contributed by atoms with E-state index in [1.807, 2.05) is 18.2 Å². The quantitative estimate of drug-likeness (QED) is 0.177. The highest BCUT2D eigenvalue weighted by Gasteiger charge is 2.31. The monoisotopic (exact) mass is 494 g/mol. The number of carbonyl (C=O) groups excluding carboxylic acids is 3. The van der Waals surface area contributed by atoms with E-state index in [0.29, 0.717) is 13.0 Å². The van der Waals surface area contributed by atoms with E-state index >= 15 is 0 Å². The zero-order valence-electron chi connectivity index (χ0n) is 18.5. The molecule has 4 atom stereocenters. The summed E-state index contributed by atoms with van der Waals surface area (Å²) in [6.45, 7) is 0.710. The van der Waals surface area contributed by atoms with Crippen LogP contribution in [-0.2, 0) is 30.4 Å². The third-order valence-corrected chi connectivity index (χ3v) is 5.73. The molecule has 11 nitrogen and oxygen atoms in total. The second-order valence-electron chi connectivity index (χ2n) is 7.98. The molecular formula is C22H30N4O7S. The predicted octanol–water partition coefficient (Wildman–Crippen LogP) is -0.685. The number of rotatable bonds is 13. The second kappa shape index (κ2) is 13.6. The van der Waals surface area contributed by atoms with Crippen LogP contribution in [0.4, 0.5) is 0 Å². The highest BCUT2D eigenvalue weighted by Crippen LogP contribution is 2.08. The Balaban J connectivity index is 2.08. The molecule has 1 aromatic carbocycles. The Morgan fingerprint density at radius 1 is 0.971 bits per heavy atom. The van der Waals surface area contributed by atoms with E-state index in [1.165, 1.54) is 0 Å². The number of hydrogen-bond donors (Lipinski definition) is 7. The summed E-state index contributed by atoms with van der Waals surface area (Å²) in [7, 11) is 0. The van der Waals surface area contributed by atoms with Crippen molar-refractivity contribution in [1.82, 2.24) is 21.3 Å². The van der Waals surface area contributed by atoms with E-state index in [4.69, 9.17) is 5.11 Å². The maximum atomic E-state index is 13.1. The Kier molecular flexibility index (Phi) is 10.8. The van der Waals surface area contributed by atoms with Crippen LogP contribution in [0.2, 0.25) is 0 Å². The molecular weight excluding hydrogens is 464 g/mol. The molecule has 6 N–H and O–H groups in total. The van der Waals surface area contributed by atoms with Crippen LogP contribution < -0.4 is 21.3 Å². The van der Waals surface area contributed by atoms with Crippen molar-refractivity contribution in [3.05, 3.63) is 35.9 Å². The van der Waals surface area contributed by atoms with E-state index in [9.17, 15) is 29.1 Å². The van der Waals surface area contributed by atoms with Gasteiger partial charge in [-0.25, -0.2) is 4.79 Å². The van der Waals surface area contributed by atoms with Crippen LogP contribution in [0.15, 0.2) is 30.3 Å². The lowest BCUT2D eigenvalue weighted by molar-refractivity contribution is -0.143. The first kappa shape index (κ1) is 27.1. The largest absolute Gasteiger partial charge is 0.481 e. The number of carbonyl (C=O) groups is 5. The Labute approximate surface area is 202 Å². The van der Waals surface area contributed by atoms with Crippen LogP contribution in [0, 0.1) is 0 Å². The molecule has 1 saturated heterocycles. The number of hydrogen-bond acceptors (Lipinski definition) is 7. The maximum absolute atomic E-state index is 13.1. The SMILES string of the molecule is O=C(O)CCC(NC(=O)C(CS)NC(=O)C(Cc1ccccc1)NC(=O)C1CCCN1)C(=O)O. The summed E-state index contributed by atoms with van der Waals surface area (Å²) in [4.78, 5) is 60.4. The van der Waals surface area contributed by atoms with Crippen molar-refractivity contribution >= 4 is 42.3 Å².